The van der Waals surface area contributed by atoms with E-state index in [-0.39, 0.29) is 11.8 Å². The molecule has 1 fully saturated rings. The zero-order valence-electron chi connectivity index (χ0n) is 10.9. The molecule has 0 bridgehead atoms. The number of rotatable bonds is 5. The van der Waals surface area contributed by atoms with Crippen molar-refractivity contribution in [2.24, 2.45) is 5.92 Å². The van der Waals surface area contributed by atoms with Gasteiger partial charge in [0, 0.05) is 26.6 Å². The van der Waals surface area contributed by atoms with Crippen LogP contribution >= 0.6 is 27.3 Å². The smallest absolute Gasteiger partial charge is 0.227 e. The Bertz CT molecular complexity index is 622. The molecule has 0 radical (unpaired) electrons. The lowest BCUT2D eigenvalue weighted by molar-refractivity contribution is -0.117. The molecule has 0 unspecified atom stereocenters. The molecule has 2 N–H and O–H groups in total. The van der Waals surface area contributed by atoms with Gasteiger partial charge in [0.1, 0.15) is 0 Å². The maximum atomic E-state index is 11.7. The van der Waals surface area contributed by atoms with Crippen molar-refractivity contribution in [1.29, 1.82) is 0 Å². The number of benzene rings is 1. The quantitative estimate of drug-likeness (QED) is 0.834. The van der Waals surface area contributed by atoms with E-state index in [1.807, 2.05) is 30.3 Å². The van der Waals surface area contributed by atoms with E-state index in [4.69, 9.17) is 0 Å². The molecule has 1 saturated carbocycles. The summed E-state index contributed by atoms with van der Waals surface area (Å²) >= 11 is 5.24. The summed E-state index contributed by atoms with van der Waals surface area (Å²) in [5.74, 6) is 0.372. The average Bonchev–Trinajstić information content (AvgIpc) is 3.21. The molecule has 1 amide bonds. The van der Waals surface area contributed by atoms with Crippen LogP contribution in [0.4, 0.5) is 11.4 Å². The monoisotopic (exact) mass is 350 g/mol. The summed E-state index contributed by atoms with van der Waals surface area (Å²) in [6.45, 7) is 0.776. The van der Waals surface area contributed by atoms with Crippen LogP contribution in [0, 0.1) is 5.92 Å². The number of thiophene rings is 1. The summed E-state index contributed by atoms with van der Waals surface area (Å²) in [6.07, 6.45) is 2.05. The molecular weight excluding hydrogens is 336 g/mol. The lowest BCUT2D eigenvalue weighted by atomic mass is 10.2. The first-order chi connectivity index (χ1) is 9.72. The first-order valence-corrected chi connectivity index (χ1v) is 8.26. The summed E-state index contributed by atoms with van der Waals surface area (Å²) in [4.78, 5) is 13.0. The van der Waals surface area contributed by atoms with E-state index in [1.54, 1.807) is 11.3 Å². The third kappa shape index (κ3) is 3.41. The summed E-state index contributed by atoms with van der Waals surface area (Å²) in [6, 6.07) is 9.91. The average molecular weight is 351 g/mol. The molecule has 1 aromatic carbocycles. The molecule has 0 aliphatic heterocycles. The Hall–Kier alpha value is -1.33. The molecule has 104 valence electrons. The first kappa shape index (κ1) is 13.6. The fourth-order valence-electron chi connectivity index (χ4n) is 1.93. The zero-order chi connectivity index (χ0) is 13.9. The second-order valence-electron chi connectivity index (χ2n) is 4.89. The maximum absolute atomic E-state index is 11.7. The molecule has 5 heteroatoms. The lowest BCUT2D eigenvalue weighted by Gasteiger charge is -2.09. The Morgan fingerprint density at radius 2 is 2.10 bits per heavy atom. The Kier molecular flexibility index (Phi) is 4.08. The molecule has 20 heavy (non-hydrogen) atoms. The van der Waals surface area contributed by atoms with Gasteiger partial charge in [0.2, 0.25) is 5.91 Å². The van der Waals surface area contributed by atoms with Crippen LogP contribution < -0.4 is 10.6 Å². The van der Waals surface area contributed by atoms with Gasteiger partial charge in [-0.1, -0.05) is 6.07 Å². The van der Waals surface area contributed by atoms with Gasteiger partial charge in [-0.2, -0.15) is 0 Å². The van der Waals surface area contributed by atoms with Crippen LogP contribution in [0.3, 0.4) is 0 Å². The first-order valence-electron chi connectivity index (χ1n) is 6.59. The minimum atomic E-state index is 0.142. The van der Waals surface area contributed by atoms with Crippen LogP contribution in [0.1, 0.15) is 17.7 Å². The van der Waals surface area contributed by atoms with Crippen LogP contribution in [-0.4, -0.2) is 5.91 Å². The van der Waals surface area contributed by atoms with Gasteiger partial charge in [-0.3, -0.25) is 4.79 Å². The number of carbonyl (C=O) groups is 1. The molecule has 3 nitrogen and oxygen atoms in total. The van der Waals surface area contributed by atoms with Crippen molar-refractivity contribution in [2.45, 2.75) is 19.4 Å². The van der Waals surface area contributed by atoms with Crippen molar-refractivity contribution in [3.63, 3.8) is 0 Å². The third-order valence-electron chi connectivity index (χ3n) is 3.22. The largest absolute Gasteiger partial charge is 0.380 e. The minimum Gasteiger partial charge on any atom is -0.380 e. The highest BCUT2D eigenvalue weighted by atomic mass is 79.9. The fourth-order valence-corrected chi connectivity index (χ4v) is 3.36. The molecule has 0 spiro atoms. The van der Waals surface area contributed by atoms with Crippen molar-refractivity contribution in [1.82, 2.24) is 0 Å². The number of nitrogens with one attached hydrogen (secondary N) is 2. The number of hydrogen-bond donors (Lipinski definition) is 2. The topological polar surface area (TPSA) is 41.1 Å². The van der Waals surface area contributed by atoms with Crippen LogP contribution in [0.25, 0.3) is 0 Å². The maximum Gasteiger partial charge on any atom is 0.227 e. The van der Waals surface area contributed by atoms with E-state index in [0.717, 1.165) is 35.2 Å². The standard InChI is InChI=1S/C15H15BrN2OS/c16-13-6-7-20-14(13)9-17-11-2-1-3-12(8-11)18-15(19)10-4-5-10/h1-3,6-8,10,17H,4-5,9H2,(H,18,19). The van der Waals surface area contributed by atoms with E-state index in [0.29, 0.717) is 0 Å². The van der Waals surface area contributed by atoms with Crippen LogP contribution in [0.15, 0.2) is 40.2 Å². The van der Waals surface area contributed by atoms with Crippen molar-refractivity contribution >= 4 is 44.5 Å². The summed E-state index contributed by atoms with van der Waals surface area (Å²) in [7, 11) is 0. The molecule has 1 aliphatic rings. The van der Waals surface area contributed by atoms with E-state index >= 15 is 0 Å². The molecule has 0 saturated heterocycles. The molecule has 1 aromatic heterocycles. The van der Waals surface area contributed by atoms with Crippen molar-refractivity contribution in [3.8, 4) is 0 Å². The van der Waals surface area contributed by atoms with Gasteiger partial charge < -0.3 is 10.6 Å². The summed E-state index contributed by atoms with van der Waals surface area (Å²) in [5, 5.41) is 8.40. The van der Waals surface area contributed by atoms with Gasteiger partial charge in [0.25, 0.3) is 0 Å². The Morgan fingerprint density at radius 3 is 2.80 bits per heavy atom. The Labute approximate surface area is 130 Å². The number of anilines is 2. The number of carbonyl (C=O) groups excluding carboxylic acids is 1. The SMILES string of the molecule is O=C(Nc1cccc(NCc2sccc2Br)c1)C1CC1. The molecule has 0 atom stereocenters. The van der Waals surface area contributed by atoms with Gasteiger partial charge in [0.15, 0.2) is 0 Å². The Balaban J connectivity index is 1.62. The predicted molar refractivity (Wildman–Crippen MR) is 87.1 cm³/mol. The van der Waals surface area contributed by atoms with E-state index in [1.165, 1.54) is 4.88 Å². The van der Waals surface area contributed by atoms with Crippen molar-refractivity contribution in [3.05, 3.63) is 45.1 Å². The number of halogens is 1. The second kappa shape index (κ2) is 5.97. The van der Waals surface area contributed by atoms with Gasteiger partial charge >= 0.3 is 0 Å². The van der Waals surface area contributed by atoms with E-state index in [9.17, 15) is 4.79 Å². The highest BCUT2D eigenvalue weighted by molar-refractivity contribution is 9.10. The van der Waals surface area contributed by atoms with Crippen LogP contribution in [0.2, 0.25) is 0 Å². The van der Waals surface area contributed by atoms with Gasteiger partial charge in [-0.15, -0.1) is 11.3 Å². The third-order valence-corrected chi connectivity index (χ3v) is 5.15. The van der Waals surface area contributed by atoms with Crippen LogP contribution in [-0.2, 0) is 11.3 Å². The predicted octanol–water partition coefficient (Wildman–Crippen LogP) is 4.47. The summed E-state index contributed by atoms with van der Waals surface area (Å²) < 4.78 is 1.13. The normalized spacial score (nSPS) is 14.1. The fraction of sp³-hybridized carbons (Fsp3) is 0.267. The van der Waals surface area contributed by atoms with E-state index in [2.05, 4.69) is 31.9 Å². The highest BCUT2D eigenvalue weighted by Crippen LogP contribution is 2.30. The molecule has 1 heterocycles. The highest BCUT2D eigenvalue weighted by Gasteiger charge is 2.29. The van der Waals surface area contributed by atoms with Gasteiger partial charge in [0.05, 0.1) is 6.54 Å². The van der Waals surface area contributed by atoms with Crippen molar-refractivity contribution < 1.29 is 4.79 Å². The molecule has 2 aromatic rings. The summed E-state index contributed by atoms with van der Waals surface area (Å²) in [5.41, 5.74) is 1.87. The van der Waals surface area contributed by atoms with Crippen LogP contribution in [0.5, 0.6) is 0 Å². The zero-order valence-corrected chi connectivity index (χ0v) is 13.3. The molecule has 1 aliphatic carbocycles. The minimum absolute atomic E-state index is 0.142. The second-order valence-corrected chi connectivity index (χ2v) is 6.74. The van der Waals surface area contributed by atoms with Crippen molar-refractivity contribution in [2.75, 3.05) is 10.6 Å². The van der Waals surface area contributed by atoms with Gasteiger partial charge in [-0.25, -0.2) is 0 Å². The van der Waals surface area contributed by atoms with Gasteiger partial charge in [-0.05, 0) is 58.4 Å². The Morgan fingerprint density at radius 1 is 1.30 bits per heavy atom. The molecule has 3 rings (SSSR count). The lowest BCUT2D eigenvalue weighted by Crippen LogP contribution is -2.13. The number of hydrogen-bond acceptors (Lipinski definition) is 3. The van der Waals surface area contributed by atoms with E-state index < -0.39 is 0 Å². The number of amides is 1. The molecular formula is C15H15BrN2OS.